The van der Waals surface area contributed by atoms with Crippen LogP contribution in [0.25, 0.3) is 0 Å². The molecule has 0 aromatic heterocycles. The number of rotatable bonds is 1. The Hall–Kier alpha value is -1.67. The van der Waals surface area contributed by atoms with E-state index >= 15 is 0 Å². The van der Waals surface area contributed by atoms with Crippen molar-refractivity contribution in [3.8, 4) is 5.75 Å². The predicted molar refractivity (Wildman–Crippen MR) is 70.5 cm³/mol. The number of anilines is 2. The lowest BCUT2D eigenvalue weighted by atomic mass is 9.97. The number of hydrogen-bond acceptors (Lipinski definition) is 2. The Bertz CT molecular complexity index is 580. The zero-order valence-corrected chi connectivity index (χ0v) is 10.2. The van der Waals surface area contributed by atoms with Crippen LogP contribution in [0.1, 0.15) is 11.1 Å². The molecule has 0 fully saturated rings. The molecule has 0 bridgehead atoms. The average Bonchev–Trinajstić information content (AvgIpc) is 2.35. The number of methoxy groups -OCH3 is 1. The van der Waals surface area contributed by atoms with E-state index in [0.717, 1.165) is 28.6 Å². The van der Waals surface area contributed by atoms with Crippen molar-refractivity contribution in [2.45, 2.75) is 6.42 Å². The first-order chi connectivity index (χ1) is 8.26. The number of ether oxygens (including phenoxy) is 1. The van der Waals surface area contributed by atoms with Gasteiger partial charge in [-0.25, -0.2) is 0 Å². The molecule has 0 radical (unpaired) electrons. The number of hydrogen-bond donors (Lipinski definition) is 1. The first kappa shape index (κ1) is 10.5. The lowest BCUT2D eigenvalue weighted by Gasteiger charge is -2.22. The molecule has 86 valence electrons. The zero-order chi connectivity index (χ0) is 11.8. The lowest BCUT2D eigenvalue weighted by Crippen LogP contribution is -2.06. The molecule has 3 rings (SSSR count). The second-order valence-electron chi connectivity index (χ2n) is 4.13. The molecule has 1 N–H and O–H groups in total. The van der Waals surface area contributed by atoms with Crippen LogP contribution in [0.3, 0.4) is 0 Å². The van der Waals surface area contributed by atoms with Gasteiger partial charge in [-0.15, -0.1) is 0 Å². The summed E-state index contributed by atoms with van der Waals surface area (Å²) in [6.45, 7) is 0. The van der Waals surface area contributed by atoms with Gasteiger partial charge < -0.3 is 10.1 Å². The summed E-state index contributed by atoms with van der Waals surface area (Å²) < 4.78 is 5.24. The van der Waals surface area contributed by atoms with Gasteiger partial charge in [0.25, 0.3) is 0 Å². The third kappa shape index (κ3) is 1.85. The number of benzene rings is 2. The molecule has 1 aliphatic heterocycles. The molecule has 1 aliphatic rings. The molecule has 2 aromatic carbocycles. The van der Waals surface area contributed by atoms with Crippen molar-refractivity contribution in [2.24, 2.45) is 0 Å². The summed E-state index contributed by atoms with van der Waals surface area (Å²) in [4.78, 5) is 0. The Morgan fingerprint density at radius 3 is 2.53 bits per heavy atom. The lowest BCUT2D eigenvalue weighted by molar-refractivity contribution is 0.414. The quantitative estimate of drug-likeness (QED) is 0.700. The fourth-order valence-corrected chi connectivity index (χ4v) is 2.34. The Labute approximate surface area is 105 Å². The van der Waals surface area contributed by atoms with Crippen LogP contribution < -0.4 is 10.1 Å². The van der Waals surface area contributed by atoms with Gasteiger partial charge in [0.2, 0.25) is 0 Å². The van der Waals surface area contributed by atoms with Gasteiger partial charge in [-0.3, -0.25) is 0 Å². The fourth-order valence-electron chi connectivity index (χ4n) is 2.15. The second-order valence-corrected chi connectivity index (χ2v) is 4.56. The summed E-state index contributed by atoms with van der Waals surface area (Å²) in [6, 6.07) is 12.0. The maximum atomic E-state index is 6.01. The zero-order valence-electron chi connectivity index (χ0n) is 9.46. The normalized spacial score (nSPS) is 12.4. The molecule has 0 atom stereocenters. The molecule has 0 unspecified atom stereocenters. The van der Waals surface area contributed by atoms with Crippen molar-refractivity contribution in [3.63, 3.8) is 0 Å². The molecule has 2 aromatic rings. The van der Waals surface area contributed by atoms with Crippen molar-refractivity contribution >= 4 is 23.0 Å². The molecule has 17 heavy (non-hydrogen) atoms. The summed E-state index contributed by atoms with van der Waals surface area (Å²) in [5, 5.41) is 4.18. The van der Waals surface area contributed by atoms with Gasteiger partial charge in [-0.1, -0.05) is 11.6 Å². The number of nitrogens with one attached hydrogen (secondary N) is 1. The third-order valence-electron chi connectivity index (χ3n) is 3.03. The van der Waals surface area contributed by atoms with Crippen LogP contribution in [0.4, 0.5) is 11.4 Å². The summed E-state index contributed by atoms with van der Waals surface area (Å²) >= 11 is 6.01. The highest BCUT2D eigenvalue weighted by molar-refractivity contribution is 6.30. The standard InChI is InChI=1S/C14H12ClNO/c1-17-12-3-5-14-10(8-12)6-9-7-11(15)2-4-13(9)16-14/h2-5,7-8,16H,6H2,1H3. The highest BCUT2D eigenvalue weighted by Gasteiger charge is 2.15. The number of halogens is 1. The minimum absolute atomic E-state index is 0.775. The predicted octanol–water partition coefficient (Wildman–Crippen LogP) is 4.00. The van der Waals surface area contributed by atoms with Gasteiger partial charge >= 0.3 is 0 Å². The largest absolute Gasteiger partial charge is 0.497 e. The molecule has 2 nitrogen and oxygen atoms in total. The van der Waals surface area contributed by atoms with E-state index in [1.54, 1.807) is 7.11 Å². The summed E-state index contributed by atoms with van der Waals surface area (Å²) in [6.07, 6.45) is 0.884. The second kappa shape index (κ2) is 3.97. The summed E-state index contributed by atoms with van der Waals surface area (Å²) in [5.41, 5.74) is 4.73. The van der Waals surface area contributed by atoms with E-state index in [4.69, 9.17) is 16.3 Å². The molecule has 0 saturated carbocycles. The maximum Gasteiger partial charge on any atom is 0.119 e. The Morgan fingerprint density at radius 2 is 1.76 bits per heavy atom. The highest BCUT2D eigenvalue weighted by Crippen LogP contribution is 2.35. The van der Waals surface area contributed by atoms with Crippen molar-refractivity contribution < 1.29 is 4.74 Å². The SMILES string of the molecule is COc1ccc2c(c1)Cc1cc(Cl)ccc1N2. The molecular weight excluding hydrogens is 234 g/mol. The van der Waals surface area contributed by atoms with Gasteiger partial charge in [-0.2, -0.15) is 0 Å². The van der Waals surface area contributed by atoms with Gasteiger partial charge in [0.05, 0.1) is 7.11 Å². The van der Waals surface area contributed by atoms with Gasteiger partial charge in [0.15, 0.2) is 0 Å². The van der Waals surface area contributed by atoms with Crippen LogP contribution in [0.2, 0.25) is 5.02 Å². The van der Waals surface area contributed by atoms with E-state index in [1.807, 2.05) is 30.3 Å². The van der Waals surface area contributed by atoms with Crippen LogP contribution in [0.5, 0.6) is 5.75 Å². The van der Waals surface area contributed by atoms with Gasteiger partial charge in [-0.05, 0) is 47.5 Å². The van der Waals surface area contributed by atoms with Gasteiger partial charge in [0.1, 0.15) is 5.75 Å². The van der Waals surface area contributed by atoms with Crippen molar-refractivity contribution in [2.75, 3.05) is 12.4 Å². The molecule has 0 amide bonds. The Kier molecular flexibility index (Phi) is 2.45. The molecule has 0 aliphatic carbocycles. The molecule has 0 saturated heterocycles. The monoisotopic (exact) mass is 245 g/mol. The van der Waals surface area contributed by atoms with E-state index in [-0.39, 0.29) is 0 Å². The summed E-state index contributed by atoms with van der Waals surface area (Å²) in [7, 11) is 1.68. The van der Waals surface area contributed by atoms with E-state index in [1.165, 1.54) is 11.1 Å². The van der Waals surface area contributed by atoms with E-state index in [9.17, 15) is 0 Å². The highest BCUT2D eigenvalue weighted by atomic mass is 35.5. The van der Waals surface area contributed by atoms with Crippen molar-refractivity contribution in [3.05, 3.63) is 52.5 Å². The maximum absolute atomic E-state index is 6.01. The van der Waals surface area contributed by atoms with Gasteiger partial charge in [0, 0.05) is 22.8 Å². The third-order valence-corrected chi connectivity index (χ3v) is 3.27. The molecule has 1 heterocycles. The van der Waals surface area contributed by atoms with Crippen molar-refractivity contribution in [1.82, 2.24) is 0 Å². The van der Waals surface area contributed by atoms with E-state index in [2.05, 4.69) is 11.4 Å². The van der Waals surface area contributed by atoms with Crippen LogP contribution in [-0.4, -0.2) is 7.11 Å². The Balaban J connectivity index is 2.05. The number of fused-ring (bicyclic) bond motifs is 2. The topological polar surface area (TPSA) is 21.3 Å². The first-order valence-corrected chi connectivity index (χ1v) is 5.86. The minimum Gasteiger partial charge on any atom is -0.497 e. The van der Waals surface area contributed by atoms with Crippen molar-refractivity contribution in [1.29, 1.82) is 0 Å². The fraction of sp³-hybridized carbons (Fsp3) is 0.143. The minimum atomic E-state index is 0.775. The van der Waals surface area contributed by atoms with E-state index in [0.29, 0.717) is 0 Å². The van der Waals surface area contributed by atoms with Crippen LogP contribution in [0, 0.1) is 0 Å². The van der Waals surface area contributed by atoms with Crippen LogP contribution in [-0.2, 0) is 6.42 Å². The first-order valence-electron chi connectivity index (χ1n) is 5.48. The Morgan fingerprint density at radius 1 is 1.06 bits per heavy atom. The van der Waals surface area contributed by atoms with Crippen LogP contribution in [0.15, 0.2) is 36.4 Å². The molecule has 3 heteroatoms. The molecular formula is C14H12ClNO. The molecule has 0 spiro atoms. The smallest absolute Gasteiger partial charge is 0.119 e. The average molecular weight is 246 g/mol. The van der Waals surface area contributed by atoms with E-state index < -0.39 is 0 Å². The van der Waals surface area contributed by atoms with Crippen LogP contribution >= 0.6 is 11.6 Å². The summed E-state index contributed by atoms with van der Waals surface area (Å²) in [5.74, 6) is 0.885.